The topological polar surface area (TPSA) is 228 Å². The van der Waals surface area contributed by atoms with Crippen molar-refractivity contribution in [3.8, 4) is 6.07 Å². The molecule has 0 radical (unpaired) electrons. The number of hydrogen-bond donors (Lipinski definition) is 2. The SMILES string of the molecule is CC(OC(=O)C=CC(=O)OCCOP(=O)(O)O)OC(=O)OC(Cn1cncn1)(c1ccc(F)cc1F)C(C)SC1COC(C=CC=Cc2ccc(C#N)cc2F)OC1. The molecule has 0 saturated carbocycles. The number of aromatic nitrogens is 3. The van der Waals surface area contributed by atoms with Gasteiger partial charge in [-0.05, 0) is 37.3 Å². The van der Waals surface area contributed by atoms with Gasteiger partial charge in [0.15, 0.2) is 11.9 Å². The average molecular weight is 853 g/mol. The molecule has 0 spiro atoms. The third-order valence-electron chi connectivity index (χ3n) is 7.73. The summed E-state index contributed by atoms with van der Waals surface area (Å²) >= 11 is 1.19. The maximum absolute atomic E-state index is 15.7. The van der Waals surface area contributed by atoms with Crippen LogP contribution in [0.15, 0.2) is 79.4 Å². The number of phosphoric acid groups is 1. The first-order chi connectivity index (χ1) is 27.6. The highest BCUT2D eigenvalue weighted by atomic mass is 32.2. The predicted molar refractivity (Wildman–Crippen MR) is 195 cm³/mol. The molecule has 0 aliphatic carbocycles. The molecule has 0 bridgehead atoms. The van der Waals surface area contributed by atoms with E-state index in [0.29, 0.717) is 18.2 Å². The zero-order chi connectivity index (χ0) is 42.3. The largest absolute Gasteiger partial charge is 0.512 e. The number of nitrogens with zero attached hydrogens (tertiary/aromatic N) is 4. The van der Waals surface area contributed by atoms with Crippen LogP contribution in [0.1, 0.15) is 30.5 Å². The molecule has 1 saturated heterocycles. The Kier molecular flexibility index (Phi) is 16.8. The molecule has 58 heavy (non-hydrogen) atoms. The van der Waals surface area contributed by atoms with Gasteiger partial charge in [0.05, 0.1) is 43.2 Å². The van der Waals surface area contributed by atoms with Crippen LogP contribution in [-0.2, 0) is 59.2 Å². The van der Waals surface area contributed by atoms with Crippen LogP contribution in [0.25, 0.3) is 6.08 Å². The van der Waals surface area contributed by atoms with Crippen molar-refractivity contribution >= 4 is 43.8 Å². The number of ether oxygens (including phenoxy) is 6. The van der Waals surface area contributed by atoms with Gasteiger partial charge in [0.25, 0.3) is 0 Å². The second kappa shape index (κ2) is 21.4. The highest BCUT2D eigenvalue weighted by molar-refractivity contribution is 8.00. The van der Waals surface area contributed by atoms with Crippen molar-refractivity contribution in [1.29, 1.82) is 5.26 Å². The normalized spacial score (nSPS) is 18.0. The van der Waals surface area contributed by atoms with E-state index in [0.717, 1.165) is 25.1 Å². The van der Waals surface area contributed by atoms with Crippen LogP contribution < -0.4 is 0 Å². The maximum Gasteiger partial charge on any atom is 0.512 e. The summed E-state index contributed by atoms with van der Waals surface area (Å²) in [6.07, 6.45) is 6.15. The van der Waals surface area contributed by atoms with Gasteiger partial charge in [0.1, 0.15) is 36.7 Å². The Morgan fingerprint density at radius 1 is 1.05 bits per heavy atom. The first kappa shape index (κ1) is 45.4. The van der Waals surface area contributed by atoms with E-state index in [9.17, 15) is 27.7 Å². The molecular weight excluding hydrogens is 816 g/mol. The van der Waals surface area contributed by atoms with E-state index in [1.165, 1.54) is 47.3 Å². The summed E-state index contributed by atoms with van der Waals surface area (Å²) in [6, 6.07) is 8.64. The molecule has 1 aliphatic rings. The van der Waals surface area contributed by atoms with E-state index >= 15 is 4.39 Å². The lowest BCUT2D eigenvalue weighted by atomic mass is 9.89. The molecule has 17 nitrogen and oxygen atoms in total. The van der Waals surface area contributed by atoms with Crippen molar-refractivity contribution in [3.63, 3.8) is 0 Å². The van der Waals surface area contributed by atoms with E-state index < -0.39 is 85.3 Å². The summed E-state index contributed by atoms with van der Waals surface area (Å²) in [7, 11) is -4.77. The Morgan fingerprint density at radius 2 is 1.79 bits per heavy atom. The summed E-state index contributed by atoms with van der Waals surface area (Å²) in [5.74, 6) is -4.79. The maximum atomic E-state index is 15.7. The van der Waals surface area contributed by atoms with E-state index in [4.69, 9.17) is 38.7 Å². The lowest BCUT2D eigenvalue weighted by Crippen LogP contribution is -2.47. The van der Waals surface area contributed by atoms with Crippen LogP contribution in [0.3, 0.4) is 0 Å². The second-order valence-electron chi connectivity index (χ2n) is 11.9. The molecule has 2 heterocycles. The van der Waals surface area contributed by atoms with Gasteiger partial charge >= 0.3 is 25.9 Å². The van der Waals surface area contributed by atoms with Crippen molar-refractivity contribution in [2.24, 2.45) is 0 Å². The van der Waals surface area contributed by atoms with Crippen LogP contribution in [0.4, 0.5) is 18.0 Å². The van der Waals surface area contributed by atoms with E-state index in [-0.39, 0.29) is 36.4 Å². The van der Waals surface area contributed by atoms with Gasteiger partial charge in [-0.3, -0.25) is 4.52 Å². The van der Waals surface area contributed by atoms with Crippen molar-refractivity contribution in [1.82, 2.24) is 14.8 Å². The summed E-state index contributed by atoms with van der Waals surface area (Å²) in [6.45, 7) is 1.46. The summed E-state index contributed by atoms with van der Waals surface area (Å²) in [5, 5.41) is 11.7. The van der Waals surface area contributed by atoms with Gasteiger partial charge in [0, 0.05) is 41.5 Å². The monoisotopic (exact) mass is 852 g/mol. The Morgan fingerprint density at radius 3 is 2.45 bits per heavy atom. The van der Waals surface area contributed by atoms with Gasteiger partial charge in [-0.15, -0.1) is 11.8 Å². The number of hydrogen-bond acceptors (Lipinski definition) is 15. The highest BCUT2D eigenvalue weighted by Gasteiger charge is 2.47. The molecular formula is C36H36F3N4O13PS. The van der Waals surface area contributed by atoms with Crippen LogP contribution in [0, 0.1) is 28.8 Å². The number of esters is 2. The number of halogens is 3. The number of benzene rings is 2. The summed E-state index contributed by atoms with van der Waals surface area (Å²) in [4.78, 5) is 58.6. The zero-order valence-electron chi connectivity index (χ0n) is 30.6. The number of carbonyl (C=O) groups excluding carboxylic acids is 3. The quantitative estimate of drug-likeness (QED) is 0.0332. The average Bonchev–Trinajstić information content (AvgIpc) is 3.67. The third-order valence-corrected chi connectivity index (χ3v) is 9.70. The zero-order valence-corrected chi connectivity index (χ0v) is 32.3. The van der Waals surface area contributed by atoms with Gasteiger partial charge in [-0.25, -0.2) is 41.8 Å². The van der Waals surface area contributed by atoms with Gasteiger partial charge in [-0.2, -0.15) is 10.4 Å². The molecule has 1 aromatic heterocycles. The van der Waals surface area contributed by atoms with E-state index in [2.05, 4.69) is 19.3 Å². The molecule has 22 heteroatoms. The molecule has 1 aliphatic heterocycles. The van der Waals surface area contributed by atoms with E-state index in [1.54, 1.807) is 25.2 Å². The first-order valence-corrected chi connectivity index (χ1v) is 19.4. The van der Waals surface area contributed by atoms with Crippen molar-refractivity contribution in [2.45, 2.75) is 49.1 Å². The molecule has 3 unspecified atom stereocenters. The molecule has 1 fully saturated rings. The summed E-state index contributed by atoms with van der Waals surface area (Å²) in [5.41, 5.74) is -1.79. The van der Waals surface area contributed by atoms with Gasteiger partial charge in [-0.1, -0.05) is 24.3 Å². The second-order valence-corrected chi connectivity index (χ2v) is 14.8. The molecule has 3 atom stereocenters. The van der Waals surface area contributed by atoms with Crippen LogP contribution >= 0.6 is 19.6 Å². The number of thioether (sulfide) groups is 1. The van der Waals surface area contributed by atoms with Crippen LogP contribution in [-0.4, -0.2) is 92.2 Å². The molecule has 3 aromatic rings. The number of phosphoric ester groups is 1. The van der Waals surface area contributed by atoms with E-state index in [1.807, 2.05) is 6.07 Å². The minimum absolute atomic E-state index is 0.114. The lowest BCUT2D eigenvalue weighted by Gasteiger charge is -2.40. The molecule has 4 rings (SSSR count). The number of nitriles is 1. The lowest BCUT2D eigenvalue weighted by molar-refractivity contribution is -0.166. The fourth-order valence-corrected chi connectivity index (χ4v) is 6.82. The molecule has 2 N–H and O–H groups in total. The standard InChI is InChI=1S/C36H36F3N4O13PS/c1-23(58-28-18-51-34(52-19-28)6-4-3-5-26-8-7-25(17-40)15-30(26)38)36(20-43-22-41-21-42-43,29-10-9-27(37)16-31(29)39)56-35(46)55-24(2)54-33(45)12-11-32(44)50-13-14-53-57(47,48)49/h3-12,15-16,21-24,28,34H,13-14,18-20H2,1-2H3,(H2,47,48,49). The molecule has 310 valence electrons. The third kappa shape index (κ3) is 14.2. The number of rotatable bonds is 18. The first-order valence-electron chi connectivity index (χ1n) is 16.9. The minimum Gasteiger partial charge on any atom is -0.460 e. The minimum atomic E-state index is -4.77. The molecule has 2 aromatic carbocycles. The van der Waals surface area contributed by atoms with Crippen molar-refractivity contribution in [2.75, 3.05) is 26.4 Å². The fraction of sp³-hybridized carbons (Fsp3) is 0.333. The van der Waals surface area contributed by atoms with Gasteiger partial charge in [0.2, 0.25) is 6.29 Å². The Balaban J connectivity index is 1.43. The summed E-state index contributed by atoms with van der Waals surface area (Å²) < 4.78 is 92.3. The van der Waals surface area contributed by atoms with Crippen molar-refractivity contribution < 1.29 is 74.9 Å². The van der Waals surface area contributed by atoms with Crippen LogP contribution in [0.5, 0.6) is 0 Å². The smallest absolute Gasteiger partial charge is 0.460 e. The van der Waals surface area contributed by atoms with Crippen LogP contribution in [0.2, 0.25) is 0 Å². The van der Waals surface area contributed by atoms with Crippen molar-refractivity contribution in [3.05, 3.63) is 114 Å². The fourth-order valence-electron chi connectivity index (χ4n) is 5.14. The Hall–Kier alpha value is -5.33. The number of allylic oxidation sites excluding steroid dienone is 2. The number of carbonyl (C=O) groups is 3. The Bertz CT molecular complexity index is 2070. The predicted octanol–water partition coefficient (Wildman–Crippen LogP) is 4.85. The molecule has 0 amide bonds. The van der Waals surface area contributed by atoms with Gasteiger partial charge < -0.3 is 38.2 Å². The Labute approximate surface area is 333 Å². The highest BCUT2D eigenvalue weighted by Crippen LogP contribution is 2.42.